The minimum Gasteiger partial charge on any atom is -0.444 e. The highest BCUT2D eigenvalue weighted by Gasteiger charge is 2.44. The summed E-state index contributed by atoms with van der Waals surface area (Å²) in [5, 5.41) is 0.761. The Bertz CT molecular complexity index is 548. The maximum absolute atomic E-state index is 12.6. The highest BCUT2D eigenvalue weighted by atomic mass is 35.5. The number of amides is 1. The molecule has 1 aromatic carbocycles. The second kappa shape index (κ2) is 6.11. The summed E-state index contributed by atoms with van der Waals surface area (Å²) in [5.74, 6) is 0. The molecule has 0 unspecified atom stereocenters. The first-order valence-corrected chi connectivity index (χ1v) is 8.24. The molecule has 1 heterocycles. The van der Waals surface area contributed by atoms with Crippen LogP contribution in [0.2, 0.25) is 5.02 Å². The van der Waals surface area contributed by atoms with Crippen LogP contribution in [0.1, 0.15) is 53.0 Å². The monoisotopic (exact) mass is 323 g/mol. The summed E-state index contributed by atoms with van der Waals surface area (Å²) in [4.78, 5) is 14.5. The van der Waals surface area contributed by atoms with Crippen LogP contribution in [0.5, 0.6) is 0 Å². The number of nitrogens with zero attached hydrogens (tertiary/aromatic N) is 1. The largest absolute Gasteiger partial charge is 0.444 e. The average molecular weight is 324 g/mol. The van der Waals surface area contributed by atoms with Crippen LogP contribution in [0.25, 0.3) is 0 Å². The predicted octanol–water partition coefficient (Wildman–Crippen LogP) is 5.06. The van der Waals surface area contributed by atoms with Crippen LogP contribution in [-0.2, 0) is 11.2 Å². The fraction of sp³-hybridized carbons (Fsp3) is 0.611. The zero-order valence-electron chi connectivity index (χ0n) is 14.1. The van der Waals surface area contributed by atoms with Gasteiger partial charge in [0.1, 0.15) is 5.60 Å². The molecule has 1 atom stereocenters. The number of likely N-dealkylation sites (tertiary alicyclic amines) is 1. The second-order valence-corrected chi connectivity index (χ2v) is 8.06. The van der Waals surface area contributed by atoms with Gasteiger partial charge in [0, 0.05) is 16.6 Å². The second-order valence-electron chi connectivity index (χ2n) is 7.65. The lowest BCUT2D eigenvalue weighted by Crippen LogP contribution is -2.49. The molecule has 0 spiro atoms. The van der Waals surface area contributed by atoms with Crippen molar-refractivity contribution in [2.75, 3.05) is 0 Å². The number of rotatable bonds is 2. The molecule has 1 saturated heterocycles. The molecule has 4 heteroatoms. The number of carbonyl (C=O) groups is 1. The van der Waals surface area contributed by atoms with Crippen molar-refractivity contribution in [2.45, 2.75) is 71.1 Å². The Balaban J connectivity index is 2.20. The molecule has 2 rings (SSSR count). The molecule has 1 aliphatic rings. The maximum atomic E-state index is 12.6. The summed E-state index contributed by atoms with van der Waals surface area (Å²) < 4.78 is 5.61. The smallest absolute Gasteiger partial charge is 0.410 e. The topological polar surface area (TPSA) is 29.5 Å². The number of halogens is 1. The van der Waals surface area contributed by atoms with Crippen molar-refractivity contribution < 1.29 is 9.53 Å². The van der Waals surface area contributed by atoms with Crippen LogP contribution in [-0.4, -0.2) is 28.2 Å². The zero-order chi connectivity index (χ0) is 16.5. The van der Waals surface area contributed by atoms with E-state index in [0.29, 0.717) is 0 Å². The Morgan fingerprint density at radius 2 is 2.00 bits per heavy atom. The van der Waals surface area contributed by atoms with E-state index in [-0.39, 0.29) is 17.7 Å². The minimum atomic E-state index is -0.481. The van der Waals surface area contributed by atoms with Crippen molar-refractivity contribution in [3.8, 4) is 0 Å². The van der Waals surface area contributed by atoms with E-state index < -0.39 is 5.60 Å². The number of ether oxygens (including phenoxy) is 1. The van der Waals surface area contributed by atoms with Gasteiger partial charge in [-0.05, 0) is 65.5 Å². The summed E-state index contributed by atoms with van der Waals surface area (Å²) in [6.07, 6.45) is 2.48. The molecule has 122 valence electrons. The van der Waals surface area contributed by atoms with Crippen LogP contribution < -0.4 is 0 Å². The van der Waals surface area contributed by atoms with E-state index in [0.717, 1.165) is 29.8 Å². The molecular formula is C18H26ClNO2. The number of hydrogen-bond donors (Lipinski definition) is 0. The van der Waals surface area contributed by atoms with Gasteiger partial charge in [0.25, 0.3) is 0 Å². The molecule has 0 radical (unpaired) electrons. The van der Waals surface area contributed by atoms with Gasteiger partial charge >= 0.3 is 6.09 Å². The molecule has 1 fully saturated rings. The van der Waals surface area contributed by atoms with Crippen LogP contribution in [0.15, 0.2) is 24.3 Å². The Morgan fingerprint density at radius 3 is 2.59 bits per heavy atom. The van der Waals surface area contributed by atoms with Crippen molar-refractivity contribution >= 4 is 17.7 Å². The van der Waals surface area contributed by atoms with E-state index in [1.807, 2.05) is 49.9 Å². The molecule has 0 bridgehead atoms. The normalized spacial score (nSPS) is 21.0. The van der Waals surface area contributed by atoms with E-state index in [9.17, 15) is 4.79 Å². The minimum absolute atomic E-state index is 0.129. The van der Waals surface area contributed by atoms with Gasteiger partial charge in [0.15, 0.2) is 0 Å². The van der Waals surface area contributed by atoms with Gasteiger partial charge in [-0.1, -0.05) is 29.8 Å². The summed E-state index contributed by atoms with van der Waals surface area (Å²) in [6, 6.07) is 7.97. The third-order valence-corrected chi connectivity index (χ3v) is 4.48. The molecule has 0 aliphatic carbocycles. The Labute approximate surface area is 138 Å². The highest BCUT2D eigenvalue weighted by Crippen LogP contribution is 2.37. The van der Waals surface area contributed by atoms with E-state index in [1.165, 1.54) is 0 Å². The quantitative estimate of drug-likeness (QED) is 0.761. The number of hydrogen-bond acceptors (Lipinski definition) is 2. The van der Waals surface area contributed by atoms with Crippen molar-refractivity contribution in [3.05, 3.63) is 34.9 Å². The van der Waals surface area contributed by atoms with Gasteiger partial charge in [-0.2, -0.15) is 0 Å². The molecule has 3 nitrogen and oxygen atoms in total. The van der Waals surface area contributed by atoms with Crippen molar-refractivity contribution in [1.29, 1.82) is 0 Å². The van der Waals surface area contributed by atoms with Gasteiger partial charge in [-0.3, -0.25) is 4.90 Å². The first-order chi connectivity index (χ1) is 10.1. The number of benzene rings is 1. The van der Waals surface area contributed by atoms with Gasteiger partial charge in [-0.15, -0.1) is 0 Å². The molecule has 22 heavy (non-hydrogen) atoms. The number of carbonyl (C=O) groups excluding carboxylic acids is 1. The van der Waals surface area contributed by atoms with Crippen LogP contribution in [0, 0.1) is 0 Å². The summed E-state index contributed by atoms with van der Waals surface area (Å²) in [5.41, 5.74) is 0.416. The molecule has 1 aliphatic heterocycles. The van der Waals surface area contributed by atoms with E-state index in [1.54, 1.807) is 0 Å². The van der Waals surface area contributed by atoms with Crippen LogP contribution in [0.3, 0.4) is 0 Å². The Morgan fingerprint density at radius 1 is 1.36 bits per heavy atom. The van der Waals surface area contributed by atoms with Gasteiger partial charge < -0.3 is 4.74 Å². The standard InChI is InChI=1S/C18H26ClNO2/c1-17(2,3)22-16(21)20-14(10-11-18(20,4)5)12-13-8-6-7-9-15(13)19/h6-9,14H,10-12H2,1-5H3/t14-/m1/s1. The average Bonchev–Trinajstić information content (AvgIpc) is 2.65. The molecular weight excluding hydrogens is 298 g/mol. The molecule has 0 saturated carbocycles. The van der Waals surface area contributed by atoms with Crippen LogP contribution in [0.4, 0.5) is 4.79 Å². The first-order valence-electron chi connectivity index (χ1n) is 7.86. The SMILES string of the molecule is CC(C)(C)OC(=O)N1[C@@H](Cc2ccccc2Cl)CCC1(C)C. The lowest BCUT2D eigenvalue weighted by Gasteiger charge is -2.37. The van der Waals surface area contributed by atoms with Gasteiger partial charge in [0.2, 0.25) is 0 Å². The fourth-order valence-corrected chi connectivity index (χ4v) is 3.29. The molecule has 1 aromatic rings. The lowest BCUT2D eigenvalue weighted by atomic mass is 10.0. The molecule has 1 amide bonds. The van der Waals surface area contributed by atoms with E-state index in [2.05, 4.69) is 13.8 Å². The van der Waals surface area contributed by atoms with Crippen molar-refractivity contribution in [2.24, 2.45) is 0 Å². The van der Waals surface area contributed by atoms with E-state index >= 15 is 0 Å². The zero-order valence-corrected chi connectivity index (χ0v) is 14.9. The third kappa shape index (κ3) is 3.95. The third-order valence-electron chi connectivity index (χ3n) is 4.11. The molecule has 0 N–H and O–H groups in total. The highest BCUT2D eigenvalue weighted by molar-refractivity contribution is 6.31. The summed E-state index contributed by atoms with van der Waals surface area (Å²) >= 11 is 6.27. The lowest BCUT2D eigenvalue weighted by molar-refractivity contribution is 0.00389. The van der Waals surface area contributed by atoms with Gasteiger partial charge in [-0.25, -0.2) is 4.79 Å². The van der Waals surface area contributed by atoms with Gasteiger partial charge in [0.05, 0.1) is 0 Å². The predicted molar refractivity (Wildman–Crippen MR) is 90.3 cm³/mol. The summed E-state index contributed by atoms with van der Waals surface area (Å²) in [6.45, 7) is 9.90. The molecule has 0 aromatic heterocycles. The van der Waals surface area contributed by atoms with Crippen molar-refractivity contribution in [1.82, 2.24) is 4.90 Å². The van der Waals surface area contributed by atoms with E-state index in [4.69, 9.17) is 16.3 Å². The fourth-order valence-electron chi connectivity index (χ4n) is 3.08. The maximum Gasteiger partial charge on any atom is 0.410 e. The van der Waals surface area contributed by atoms with Crippen LogP contribution >= 0.6 is 11.6 Å². The van der Waals surface area contributed by atoms with Crippen molar-refractivity contribution in [3.63, 3.8) is 0 Å². The Kier molecular flexibility index (Phi) is 4.76. The Hall–Kier alpha value is -1.22. The summed E-state index contributed by atoms with van der Waals surface area (Å²) in [7, 11) is 0. The first kappa shape index (κ1) is 17.1.